The van der Waals surface area contributed by atoms with E-state index in [-0.39, 0.29) is 11.7 Å². The monoisotopic (exact) mass is 301 g/mol. The maximum absolute atomic E-state index is 13.7. The third kappa shape index (κ3) is 3.19. The molecule has 0 bridgehead atoms. The van der Waals surface area contributed by atoms with Gasteiger partial charge in [-0.05, 0) is 24.5 Å². The van der Waals surface area contributed by atoms with E-state index in [1.165, 1.54) is 24.5 Å². The van der Waals surface area contributed by atoms with Crippen LogP contribution in [-0.4, -0.2) is 45.3 Å². The highest BCUT2D eigenvalue weighted by Gasteiger charge is 2.37. The van der Waals surface area contributed by atoms with Crippen molar-refractivity contribution in [2.75, 3.05) is 27.3 Å². The van der Waals surface area contributed by atoms with E-state index >= 15 is 0 Å². The quantitative estimate of drug-likeness (QED) is 0.850. The summed E-state index contributed by atoms with van der Waals surface area (Å²) in [5.74, 6) is -0.507. The SMILES string of the molecule is CN(C)S(=O)(=O)[C@@H]1CCOC[C@@H]1Cc1ccccc1F. The third-order valence-electron chi connectivity index (χ3n) is 3.74. The zero-order valence-corrected chi connectivity index (χ0v) is 12.6. The number of halogens is 1. The second-order valence-electron chi connectivity index (χ2n) is 5.28. The molecule has 1 aromatic carbocycles. The Morgan fingerprint density at radius 3 is 2.70 bits per heavy atom. The van der Waals surface area contributed by atoms with E-state index in [4.69, 9.17) is 4.74 Å². The van der Waals surface area contributed by atoms with Crippen LogP contribution in [0.25, 0.3) is 0 Å². The molecule has 1 aromatic rings. The Morgan fingerprint density at radius 1 is 1.35 bits per heavy atom. The Morgan fingerprint density at radius 2 is 2.05 bits per heavy atom. The van der Waals surface area contributed by atoms with Gasteiger partial charge in [0.2, 0.25) is 10.0 Å². The maximum atomic E-state index is 13.7. The molecule has 1 aliphatic rings. The third-order valence-corrected chi connectivity index (χ3v) is 6.14. The molecule has 0 aromatic heterocycles. The van der Waals surface area contributed by atoms with Gasteiger partial charge in [-0.2, -0.15) is 0 Å². The highest BCUT2D eigenvalue weighted by molar-refractivity contribution is 7.89. The standard InChI is InChI=1S/C14H20FNO3S/c1-16(2)20(17,18)14-7-8-19-10-12(14)9-11-5-3-4-6-13(11)15/h3-6,12,14H,7-10H2,1-2H3/t12-,14+/m0/s1. The largest absolute Gasteiger partial charge is 0.381 e. The summed E-state index contributed by atoms with van der Waals surface area (Å²) >= 11 is 0. The molecule has 0 amide bonds. The fourth-order valence-electron chi connectivity index (χ4n) is 2.58. The van der Waals surface area contributed by atoms with Crippen LogP contribution in [0.15, 0.2) is 24.3 Å². The van der Waals surface area contributed by atoms with Gasteiger partial charge in [-0.15, -0.1) is 0 Å². The summed E-state index contributed by atoms with van der Waals surface area (Å²) in [6.07, 6.45) is 0.837. The first-order valence-electron chi connectivity index (χ1n) is 6.65. The number of hydrogen-bond donors (Lipinski definition) is 0. The predicted octanol–water partition coefficient (Wildman–Crippen LogP) is 1.66. The molecule has 0 unspecified atom stereocenters. The molecule has 1 aliphatic heterocycles. The van der Waals surface area contributed by atoms with E-state index < -0.39 is 15.3 Å². The van der Waals surface area contributed by atoms with Gasteiger partial charge in [0.15, 0.2) is 0 Å². The van der Waals surface area contributed by atoms with Crippen LogP contribution in [0.2, 0.25) is 0 Å². The first-order chi connectivity index (χ1) is 9.43. The molecule has 0 radical (unpaired) electrons. The van der Waals surface area contributed by atoms with Gasteiger partial charge in [0, 0.05) is 26.6 Å². The fourth-order valence-corrected chi connectivity index (χ4v) is 4.17. The summed E-state index contributed by atoms with van der Waals surface area (Å²) in [7, 11) is -0.286. The van der Waals surface area contributed by atoms with Crippen molar-refractivity contribution in [3.8, 4) is 0 Å². The summed E-state index contributed by atoms with van der Waals surface area (Å²) in [4.78, 5) is 0. The zero-order chi connectivity index (χ0) is 14.8. The van der Waals surface area contributed by atoms with Crippen LogP contribution in [0.5, 0.6) is 0 Å². The van der Waals surface area contributed by atoms with Gasteiger partial charge in [-0.25, -0.2) is 17.1 Å². The molecule has 1 saturated heterocycles. The molecule has 1 fully saturated rings. The molecule has 2 atom stereocenters. The minimum absolute atomic E-state index is 0.215. The van der Waals surface area contributed by atoms with Crippen LogP contribution in [0.1, 0.15) is 12.0 Å². The van der Waals surface area contributed by atoms with Crippen molar-refractivity contribution in [1.82, 2.24) is 4.31 Å². The highest BCUT2D eigenvalue weighted by atomic mass is 32.2. The highest BCUT2D eigenvalue weighted by Crippen LogP contribution is 2.27. The molecular formula is C14H20FNO3S. The summed E-state index contributed by atoms with van der Waals surface area (Å²) in [5, 5.41) is -0.508. The van der Waals surface area contributed by atoms with Gasteiger partial charge in [0.1, 0.15) is 5.82 Å². The molecule has 0 saturated carbocycles. The Kier molecular flexibility index (Phi) is 4.78. The van der Waals surface area contributed by atoms with Gasteiger partial charge in [-0.1, -0.05) is 18.2 Å². The van der Waals surface area contributed by atoms with Gasteiger partial charge in [0.05, 0.1) is 11.9 Å². The number of rotatable bonds is 4. The normalized spacial score (nSPS) is 24.0. The van der Waals surface area contributed by atoms with E-state index in [1.807, 2.05) is 0 Å². The van der Waals surface area contributed by atoms with E-state index in [0.717, 1.165) is 0 Å². The lowest BCUT2D eigenvalue weighted by Crippen LogP contribution is -2.44. The minimum atomic E-state index is -3.35. The summed E-state index contributed by atoms with van der Waals surface area (Å²) in [6, 6.07) is 6.49. The lowest BCUT2D eigenvalue weighted by atomic mass is 9.93. The smallest absolute Gasteiger partial charge is 0.216 e. The van der Waals surface area contributed by atoms with Crippen LogP contribution < -0.4 is 0 Å². The second-order valence-corrected chi connectivity index (χ2v) is 7.65. The fraction of sp³-hybridized carbons (Fsp3) is 0.571. The number of ether oxygens (including phenoxy) is 1. The van der Waals surface area contributed by atoms with Crippen molar-refractivity contribution in [1.29, 1.82) is 0 Å². The van der Waals surface area contributed by atoms with Gasteiger partial charge < -0.3 is 4.74 Å². The van der Waals surface area contributed by atoms with Gasteiger partial charge in [0.25, 0.3) is 0 Å². The van der Waals surface area contributed by atoms with Gasteiger partial charge >= 0.3 is 0 Å². The summed E-state index contributed by atoms with van der Waals surface area (Å²) in [6.45, 7) is 0.789. The van der Waals surface area contributed by atoms with Crippen LogP contribution in [-0.2, 0) is 21.2 Å². The molecule has 1 heterocycles. The Labute approximate surface area is 119 Å². The Hall–Kier alpha value is -0.980. The van der Waals surface area contributed by atoms with Crippen molar-refractivity contribution in [3.63, 3.8) is 0 Å². The number of hydrogen-bond acceptors (Lipinski definition) is 3. The average molecular weight is 301 g/mol. The van der Waals surface area contributed by atoms with E-state index in [0.29, 0.717) is 31.6 Å². The molecular weight excluding hydrogens is 281 g/mol. The minimum Gasteiger partial charge on any atom is -0.381 e. The Balaban J connectivity index is 2.22. The lowest BCUT2D eigenvalue weighted by molar-refractivity contribution is 0.0561. The van der Waals surface area contributed by atoms with Crippen molar-refractivity contribution in [3.05, 3.63) is 35.6 Å². The zero-order valence-electron chi connectivity index (χ0n) is 11.8. The first kappa shape index (κ1) is 15.4. The molecule has 0 spiro atoms. The van der Waals surface area contributed by atoms with Crippen molar-refractivity contribution in [2.24, 2.45) is 5.92 Å². The van der Waals surface area contributed by atoms with Crippen LogP contribution in [0.3, 0.4) is 0 Å². The molecule has 0 N–H and O–H groups in total. The Bertz CT molecular complexity index is 559. The second kappa shape index (κ2) is 6.20. The van der Waals surface area contributed by atoms with Crippen molar-refractivity contribution < 1.29 is 17.5 Å². The number of nitrogens with zero attached hydrogens (tertiary/aromatic N) is 1. The first-order valence-corrected chi connectivity index (χ1v) is 8.15. The summed E-state index contributed by atoms with van der Waals surface area (Å²) < 4.78 is 45.1. The molecule has 112 valence electrons. The lowest BCUT2D eigenvalue weighted by Gasteiger charge is -2.33. The van der Waals surface area contributed by atoms with Crippen LogP contribution in [0.4, 0.5) is 4.39 Å². The van der Waals surface area contributed by atoms with E-state index in [2.05, 4.69) is 0 Å². The molecule has 6 heteroatoms. The van der Waals surface area contributed by atoms with E-state index in [1.54, 1.807) is 18.2 Å². The molecule has 20 heavy (non-hydrogen) atoms. The maximum Gasteiger partial charge on any atom is 0.216 e. The van der Waals surface area contributed by atoms with Crippen LogP contribution in [0, 0.1) is 11.7 Å². The topological polar surface area (TPSA) is 46.6 Å². The van der Waals surface area contributed by atoms with Crippen LogP contribution >= 0.6 is 0 Å². The van der Waals surface area contributed by atoms with Crippen molar-refractivity contribution in [2.45, 2.75) is 18.1 Å². The average Bonchev–Trinajstić information content (AvgIpc) is 2.41. The molecule has 2 rings (SSSR count). The molecule has 0 aliphatic carbocycles. The number of benzene rings is 1. The van der Waals surface area contributed by atoms with Crippen molar-refractivity contribution >= 4 is 10.0 Å². The molecule has 4 nitrogen and oxygen atoms in total. The number of sulfonamides is 1. The van der Waals surface area contributed by atoms with E-state index in [9.17, 15) is 12.8 Å². The predicted molar refractivity (Wildman–Crippen MR) is 75.4 cm³/mol. The van der Waals surface area contributed by atoms with Gasteiger partial charge in [-0.3, -0.25) is 0 Å². The summed E-state index contributed by atoms with van der Waals surface area (Å²) in [5.41, 5.74) is 0.543.